The van der Waals surface area contributed by atoms with E-state index in [1.54, 1.807) is 12.3 Å². The van der Waals surface area contributed by atoms with Crippen LogP contribution < -0.4 is 15.5 Å². The second kappa shape index (κ2) is 9.83. The molecule has 12 heteroatoms. The van der Waals surface area contributed by atoms with E-state index >= 15 is 0 Å². The molecule has 2 aromatic heterocycles. The molecular formula is C22H22Cl2FN7O2. The van der Waals surface area contributed by atoms with Gasteiger partial charge in [0, 0.05) is 12.2 Å². The molecule has 0 saturated carbocycles. The van der Waals surface area contributed by atoms with Crippen LogP contribution in [0.3, 0.4) is 0 Å². The van der Waals surface area contributed by atoms with Crippen molar-refractivity contribution >= 4 is 46.4 Å². The predicted octanol–water partition coefficient (Wildman–Crippen LogP) is 3.82. The van der Waals surface area contributed by atoms with Crippen LogP contribution in [0.2, 0.25) is 10.2 Å². The van der Waals surface area contributed by atoms with Crippen LogP contribution in [0.4, 0.5) is 21.7 Å². The number of aromatic nitrogens is 4. The minimum absolute atomic E-state index is 0.0579. The van der Waals surface area contributed by atoms with Gasteiger partial charge >= 0.3 is 0 Å². The number of halogens is 3. The minimum Gasteiger partial charge on any atom is -0.370 e. The molecule has 178 valence electrons. The summed E-state index contributed by atoms with van der Waals surface area (Å²) in [5, 5.41) is 11.6. The number of morpholine rings is 1. The lowest BCUT2D eigenvalue weighted by atomic mass is 10.1. The highest BCUT2D eigenvalue weighted by Gasteiger charge is 2.24. The van der Waals surface area contributed by atoms with E-state index in [4.69, 9.17) is 27.9 Å². The normalized spacial score (nSPS) is 17.3. The van der Waals surface area contributed by atoms with E-state index in [9.17, 15) is 9.18 Å². The van der Waals surface area contributed by atoms with Gasteiger partial charge in [-0.25, -0.2) is 14.4 Å². The number of hydrogen-bond donors (Lipinski definition) is 2. The highest BCUT2D eigenvalue weighted by atomic mass is 35.5. The number of anilines is 3. The van der Waals surface area contributed by atoms with Gasteiger partial charge in [0.15, 0.2) is 0 Å². The fourth-order valence-electron chi connectivity index (χ4n) is 4.13. The van der Waals surface area contributed by atoms with Gasteiger partial charge < -0.3 is 20.3 Å². The number of piperidine rings is 1. The first kappa shape index (κ1) is 23.0. The van der Waals surface area contributed by atoms with Crippen molar-refractivity contribution in [1.82, 2.24) is 25.1 Å². The number of carbonyl (C=O) groups excluding carboxylic acids is 1. The molecule has 0 atom stereocenters. The Morgan fingerprint density at radius 2 is 2.03 bits per heavy atom. The van der Waals surface area contributed by atoms with E-state index in [2.05, 4.69) is 25.7 Å². The predicted molar refractivity (Wildman–Crippen MR) is 127 cm³/mol. The van der Waals surface area contributed by atoms with Gasteiger partial charge in [-0.15, -0.1) is 0 Å². The Labute approximate surface area is 205 Å². The van der Waals surface area contributed by atoms with Crippen LogP contribution in [0.5, 0.6) is 0 Å². The molecule has 9 nitrogen and oxygen atoms in total. The van der Waals surface area contributed by atoms with Crippen LogP contribution in [0.1, 0.15) is 18.9 Å². The number of hydrogen-bond acceptors (Lipinski definition) is 7. The second-order valence-electron chi connectivity index (χ2n) is 8.05. The Morgan fingerprint density at radius 1 is 1.21 bits per heavy atom. The molecule has 0 radical (unpaired) electrons. The van der Waals surface area contributed by atoms with E-state index < -0.39 is 5.82 Å². The molecule has 2 N–H and O–H groups in total. The lowest BCUT2D eigenvalue weighted by Crippen LogP contribution is -2.42. The van der Waals surface area contributed by atoms with Gasteiger partial charge in [0.25, 0.3) is 5.91 Å². The smallest absolute Gasteiger partial charge is 0.253 e. The van der Waals surface area contributed by atoms with Crippen LogP contribution in [0.25, 0.3) is 11.3 Å². The summed E-state index contributed by atoms with van der Waals surface area (Å²) in [4.78, 5) is 22.1. The van der Waals surface area contributed by atoms with Crippen molar-refractivity contribution in [3.05, 3.63) is 46.6 Å². The van der Waals surface area contributed by atoms with Gasteiger partial charge in [0.1, 0.15) is 17.6 Å². The van der Waals surface area contributed by atoms with Gasteiger partial charge in [0.2, 0.25) is 5.95 Å². The van der Waals surface area contributed by atoms with Crippen molar-refractivity contribution in [1.29, 1.82) is 0 Å². The zero-order valence-corrected chi connectivity index (χ0v) is 19.6. The lowest BCUT2D eigenvalue weighted by Gasteiger charge is -2.27. The van der Waals surface area contributed by atoms with Crippen molar-refractivity contribution in [2.24, 2.45) is 0 Å². The summed E-state index contributed by atoms with van der Waals surface area (Å²) in [7, 11) is 0. The SMILES string of the molecule is O=C1COCCN1c1ccc(Nc2ncc(Cl)c(-c3cnn(C4CCNCC4)c3Cl)n2)cc1F. The number of nitrogens with zero attached hydrogens (tertiary/aromatic N) is 5. The number of amides is 1. The molecule has 0 aliphatic carbocycles. The molecule has 0 unspecified atom stereocenters. The van der Waals surface area contributed by atoms with Gasteiger partial charge in [-0.2, -0.15) is 5.10 Å². The van der Waals surface area contributed by atoms with Crippen molar-refractivity contribution in [3.63, 3.8) is 0 Å². The molecular weight excluding hydrogens is 484 g/mol. The largest absolute Gasteiger partial charge is 0.370 e. The average Bonchev–Trinajstić information content (AvgIpc) is 3.23. The number of carbonyl (C=O) groups is 1. The highest BCUT2D eigenvalue weighted by Crippen LogP contribution is 2.35. The first-order valence-electron chi connectivity index (χ1n) is 10.9. The van der Waals surface area contributed by atoms with Crippen LogP contribution in [0.15, 0.2) is 30.6 Å². The molecule has 5 rings (SSSR count). The molecule has 0 bridgehead atoms. The Balaban J connectivity index is 1.38. The average molecular weight is 506 g/mol. The molecule has 2 fully saturated rings. The summed E-state index contributed by atoms with van der Waals surface area (Å²) in [5.74, 6) is -0.598. The third-order valence-electron chi connectivity index (χ3n) is 5.87. The quantitative estimate of drug-likeness (QED) is 0.543. The topological polar surface area (TPSA) is 97.2 Å². The fourth-order valence-corrected chi connectivity index (χ4v) is 4.65. The summed E-state index contributed by atoms with van der Waals surface area (Å²) < 4.78 is 21.7. The maximum absolute atomic E-state index is 14.8. The summed E-state index contributed by atoms with van der Waals surface area (Å²) >= 11 is 13.0. The lowest BCUT2D eigenvalue weighted by molar-refractivity contribution is -0.125. The zero-order valence-electron chi connectivity index (χ0n) is 18.1. The van der Waals surface area contributed by atoms with E-state index in [-0.39, 0.29) is 30.2 Å². The van der Waals surface area contributed by atoms with Crippen LogP contribution in [-0.2, 0) is 9.53 Å². The van der Waals surface area contributed by atoms with Gasteiger partial charge in [0.05, 0.1) is 47.0 Å². The second-order valence-corrected chi connectivity index (χ2v) is 8.82. The first-order chi connectivity index (χ1) is 16.5. The molecule has 2 saturated heterocycles. The number of nitrogens with one attached hydrogen (secondary N) is 2. The van der Waals surface area contributed by atoms with Crippen molar-refractivity contribution in [2.45, 2.75) is 18.9 Å². The molecule has 34 heavy (non-hydrogen) atoms. The fraction of sp³-hybridized carbons (Fsp3) is 0.364. The standard InChI is InChI=1S/C22H22Cl2FN7O2/c23-16-11-27-22(29-13-1-2-18(17(25)9-13)31-7-8-34-12-19(31)33)30-20(16)15-10-28-32(21(15)24)14-3-5-26-6-4-14/h1-2,9-11,14,26H,3-8,12H2,(H,27,29,30). The summed E-state index contributed by atoms with van der Waals surface area (Å²) in [6.45, 7) is 2.43. The number of rotatable bonds is 5. The van der Waals surface area contributed by atoms with Crippen LogP contribution in [-0.4, -0.2) is 58.5 Å². The first-order valence-corrected chi connectivity index (χ1v) is 11.7. The zero-order chi connectivity index (χ0) is 23.7. The number of benzene rings is 1. The Kier molecular flexibility index (Phi) is 6.64. The number of ether oxygens (including phenoxy) is 1. The Morgan fingerprint density at radius 3 is 2.79 bits per heavy atom. The van der Waals surface area contributed by atoms with E-state index in [1.165, 1.54) is 23.2 Å². The van der Waals surface area contributed by atoms with Crippen molar-refractivity contribution in [3.8, 4) is 11.3 Å². The van der Waals surface area contributed by atoms with E-state index in [1.807, 2.05) is 4.68 Å². The Hall–Kier alpha value is -2.79. The van der Waals surface area contributed by atoms with Crippen LogP contribution in [0, 0.1) is 5.82 Å². The third-order valence-corrected chi connectivity index (χ3v) is 6.52. The monoisotopic (exact) mass is 505 g/mol. The molecule has 1 aromatic carbocycles. The van der Waals surface area contributed by atoms with E-state index in [0.717, 1.165) is 25.9 Å². The molecule has 4 heterocycles. The molecule has 2 aliphatic rings. The van der Waals surface area contributed by atoms with Gasteiger partial charge in [-0.05, 0) is 44.1 Å². The maximum Gasteiger partial charge on any atom is 0.253 e. The molecule has 3 aromatic rings. The van der Waals surface area contributed by atoms with Crippen LogP contribution >= 0.6 is 23.2 Å². The Bertz CT molecular complexity index is 1220. The summed E-state index contributed by atoms with van der Waals surface area (Å²) in [6.07, 6.45) is 4.98. The van der Waals surface area contributed by atoms with Crippen molar-refractivity contribution in [2.75, 3.05) is 43.1 Å². The highest BCUT2D eigenvalue weighted by molar-refractivity contribution is 6.35. The van der Waals surface area contributed by atoms with Crippen molar-refractivity contribution < 1.29 is 13.9 Å². The molecule has 0 spiro atoms. The van der Waals surface area contributed by atoms with Gasteiger partial charge in [-0.3, -0.25) is 9.48 Å². The molecule has 1 amide bonds. The van der Waals surface area contributed by atoms with Gasteiger partial charge in [-0.1, -0.05) is 23.2 Å². The third kappa shape index (κ3) is 4.58. The van der Waals surface area contributed by atoms with E-state index in [0.29, 0.717) is 40.3 Å². The molecule has 2 aliphatic heterocycles. The summed E-state index contributed by atoms with van der Waals surface area (Å²) in [6, 6.07) is 4.69. The maximum atomic E-state index is 14.8. The minimum atomic E-state index is -0.541. The summed E-state index contributed by atoms with van der Waals surface area (Å²) in [5.41, 5.74) is 1.66.